The fraction of sp³-hybridized carbons (Fsp3) is 0.538. The maximum absolute atomic E-state index is 5.43. The number of halogens is 2. The highest BCUT2D eigenvalue weighted by Crippen LogP contribution is 2.34. The summed E-state index contributed by atoms with van der Waals surface area (Å²) in [5.74, 6) is 0.828. The van der Waals surface area contributed by atoms with Crippen LogP contribution >= 0.6 is 31.9 Å². The summed E-state index contributed by atoms with van der Waals surface area (Å²) in [5.41, 5.74) is 1.31. The molecule has 18 heavy (non-hydrogen) atoms. The van der Waals surface area contributed by atoms with E-state index in [0.717, 1.165) is 40.9 Å². The zero-order valence-electron chi connectivity index (χ0n) is 10.6. The fourth-order valence-corrected chi connectivity index (χ4v) is 3.64. The van der Waals surface area contributed by atoms with Crippen LogP contribution in [0, 0.1) is 0 Å². The van der Waals surface area contributed by atoms with Gasteiger partial charge in [-0.25, -0.2) is 0 Å². The molecule has 1 atom stereocenters. The lowest BCUT2D eigenvalue weighted by molar-refractivity contribution is 0.171. The second kappa shape index (κ2) is 5.90. The molecule has 1 N–H and O–H groups in total. The van der Waals surface area contributed by atoms with Crippen LogP contribution in [0.3, 0.4) is 0 Å². The lowest BCUT2D eigenvalue weighted by Crippen LogP contribution is -2.42. The minimum Gasteiger partial charge on any atom is -0.494 e. The second-order valence-electron chi connectivity index (χ2n) is 4.81. The van der Waals surface area contributed by atoms with Gasteiger partial charge in [0.25, 0.3) is 0 Å². The summed E-state index contributed by atoms with van der Waals surface area (Å²) in [5, 5.41) is 3.56. The van der Waals surface area contributed by atoms with Crippen molar-refractivity contribution in [3.63, 3.8) is 0 Å². The molecule has 1 aromatic carbocycles. The smallest absolute Gasteiger partial charge is 0.147 e. The topological polar surface area (TPSA) is 30.5 Å². The number of hydrogen-bond acceptors (Lipinski definition) is 3. The molecule has 1 heterocycles. The van der Waals surface area contributed by atoms with Crippen molar-refractivity contribution in [1.82, 2.24) is 5.32 Å². The van der Waals surface area contributed by atoms with Gasteiger partial charge in [-0.05, 0) is 62.9 Å². The Morgan fingerprint density at radius 3 is 2.56 bits per heavy atom. The van der Waals surface area contributed by atoms with E-state index in [9.17, 15) is 0 Å². The van der Waals surface area contributed by atoms with Gasteiger partial charge in [-0.2, -0.15) is 0 Å². The first-order valence-electron chi connectivity index (χ1n) is 5.89. The Hall–Kier alpha value is -0.100. The van der Waals surface area contributed by atoms with Gasteiger partial charge in [-0.15, -0.1) is 0 Å². The molecule has 1 unspecified atom stereocenters. The highest BCUT2D eigenvalue weighted by molar-refractivity contribution is 9.11. The SMILES string of the molecule is COc1c(Br)cc(CNC2(C)CCOC2)cc1Br. The summed E-state index contributed by atoms with van der Waals surface area (Å²) in [7, 11) is 1.67. The van der Waals surface area contributed by atoms with E-state index >= 15 is 0 Å². The van der Waals surface area contributed by atoms with Crippen LogP contribution in [-0.2, 0) is 11.3 Å². The highest BCUT2D eigenvalue weighted by Gasteiger charge is 2.28. The number of ether oxygens (including phenoxy) is 2. The third-order valence-corrected chi connectivity index (χ3v) is 4.38. The van der Waals surface area contributed by atoms with Crippen LogP contribution in [-0.4, -0.2) is 25.9 Å². The molecule has 1 aliphatic heterocycles. The molecule has 3 nitrogen and oxygen atoms in total. The van der Waals surface area contributed by atoms with Crippen LogP contribution in [0.4, 0.5) is 0 Å². The molecule has 0 amide bonds. The molecule has 1 fully saturated rings. The molecule has 1 aliphatic rings. The van der Waals surface area contributed by atoms with Crippen molar-refractivity contribution in [2.24, 2.45) is 0 Å². The third-order valence-electron chi connectivity index (χ3n) is 3.20. The standard InChI is InChI=1S/C13H17Br2NO2/c1-13(3-4-18-8-13)16-7-9-5-10(14)12(17-2)11(15)6-9/h5-6,16H,3-4,7-8H2,1-2H3. The van der Waals surface area contributed by atoms with Crippen molar-refractivity contribution in [3.8, 4) is 5.75 Å². The van der Waals surface area contributed by atoms with Crippen LogP contribution in [0.2, 0.25) is 0 Å². The second-order valence-corrected chi connectivity index (χ2v) is 6.52. The molecule has 0 aromatic heterocycles. The van der Waals surface area contributed by atoms with Gasteiger partial charge in [-0.1, -0.05) is 0 Å². The van der Waals surface area contributed by atoms with Gasteiger partial charge in [0.15, 0.2) is 0 Å². The van der Waals surface area contributed by atoms with Gasteiger partial charge in [0.1, 0.15) is 5.75 Å². The molecule has 2 rings (SSSR count). The Morgan fingerprint density at radius 1 is 1.39 bits per heavy atom. The monoisotopic (exact) mass is 377 g/mol. The molecule has 0 spiro atoms. The lowest BCUT2D eigenvalue weighted by atomic mass is 10.0. The van der Waals surface area contributed by atoms with E-state index in [1.165, 1.54) is 5.56 Å². The zero-order chi connectivity index (χ0) is 13.2. The first-order chi connectivity index (χ1) is 8.54. The average molecular weight is 379 g/mol. The highest BCUT2D eigenvalue weighted by atomic mass is 79.9. The van der Waals surface area contributed by atoms with E-state index in [2.05, 4.69) is 56.2 Å². The van der Waals surface area contributed by atoms with Crippen LogP contribution in [0.25, 0.3) is 0 Å². The maximum Gasteiger partial charge on any atom is 0.147 e. The van der Waals surface area contributed by atoms with Gasteiger partial charge in [0, 0.05) is 18.7 Å². The van der Waals surface area contributed by atoms with Crippen molar-refractivity contribution < 1.29 is 9.47 Å². The van der Waals surface area contributed by atoms with E-state index < -0.39 is 0 Å². The normalized spacial score (nSPS) is 23.3. The third kappa shape index (κ3) is 3.26. The van der Waals surface area contributed by atoms with E-state index in [1.807, 2.05) is 0 Å². The van der Waals surface area contributed by atoms with Crippen LogP contribution in [0.1, 0.15) is 18.9 Å². The van der Waals surface area contributed by atoms with Crippen molar-refractivity contribution in [2.45, 2.75) is 25.4 Å². The summed E-state index contributed by atoms with van der Waals surface area (Å²) in [6.45, 7) is 4.65. The van der Waals surface area contributed by atoms with Gasteiger partial charge in [0.2, 0.25) is 0 Å². The summed E-state index contributed by atoms with van der Waals surface area (Å²) < 4.78 is 12.6. The molecule has 0 saturated carbocycles. The van der Waals surface area contributed by atoms with Crippen molar-refractivity contribution in [2.75, 3.05) is 20.3 Å². The molecule has 0 bridgehead atoms. The predicted molar refractivity (Wildman–Crippen MR) is 79.1 cm³/mol. The van der Waals surface area contributed by atoms with Crippen LogP contribution in [0.15, 0.2) is 21.1 Å². The van der Waals surface area contributed by atoms with Crippen LogP contribution in [0.5, 0.6) is 5.75 Å². The lowest BCUT2D eigenvalue weighted by Gasteiger charge is -2.24. The summed E-state index contributed by atoms with van der Waals surface area (Å²) in [6, 6.07) is 4.16. The van der Waals surface area contributed by atoms with E-state index in [-0.39, 0.29) is 5.54 Å². The molecule has 0 aliphatic carbocycles. The Morgan fingerprint density at radius 2 is 2.06 bits per heavy atom. The molecule has 100 valence electrons. The number of rotatable bonds is 4. The number of benzene rings is 1. The predicted octanol–water partition coefficient (Wildman–Crippen LogP) is 3.49. The Bertz CT molecular complexity index is 408. The molecule has 0 radical (unpaired) electrons. The van der Waals surface area contributed by atoms with Crippen molar-refractivity contribution in [1.29, 1.82) is 0 Å². The van der Waals surface area contributed by atoms with E-state index in [1.54, 1.807) is 7.11 Å². The van der Waals surface area contributed by atoms with Gasteiger partial charge in [0.05, 0.1) is 22.7 Å². The molecular formula is C13H17Br2NO2. The van der Waals surface area contributed by atoms with Crippen molar-refractivity contribution >= 4 is 31.9 Å². The van der Waals surface area contributed by atoms with Gasteiger partial charge < -0.3 is 14.8 Å². The van der Waals surface area contributed by atoms with Gasteiger partial charge in [-0.3, -0.25) is 0 Å². The first kappa shape index (κ1) is 14.3. The number of hydrogen-bond donors (Lipinski definition) is 1. The minimum atomic E-state index is 0.0961. The maximum atomic E-state index is 5.43. The number of nitrogens with one attached hydrogen (secondary N) is 1. The summed E-state index contributed by atoms with van der Waals surface area (Å²) in [4.78, 5) is 0. The summed E-state index contributed by atoms with van der Waals surface area (Å²) in [6.07, 6.45) is 1.06. The van der Waals surface area contributed by atoms with E-state index in [0.29, 0.717) is 0 Å². The molecule has 5 heteroatoms. The zero-order valence-corrected chi connectivity index (χ0v) is 13.7. The van der Waals surface area contributed by atoms with E-state index in [4.69, 9.17) is 9.47 Å². The van der Waals surface area contributed by atoms with Crippen molar-refractivity contribution in [3.05, 3.63) is 26.6 Å². The molecule has 1 aromatic rings. The first-order valence-corrected chi connectivity index (χ1v) is 7.47. The average Bonchev–Trinajstić information content (AvgIpc) is 2.74. The minimum absolute atomic E-state index is 0.0961. The Balaban J connectivity index is 2.06. The number of methoxy groups -OCH3 is 1. The molecule has 1 saturated heterocycles. The Kier molecular flexibility index (Phi) is 4.69. The van der Waals surface area contributed by atoms with Crippen LogP contribution < -0.4 is 10.1 Å². The quantitative estimate of drug-likeness (QED) is 0.869. The summed E-state index contributed by atoms with van der Waals surface area (Å²) >= 11 is 7.04. The van der Waals surface area contributed by atoms with Gasteiger partial charge >= 0.3 is 0 Å². The fourth-order valence-electron chi connectivity index (χ4n) is 2.03. The largest absolute Gasteiger partial charge is 0.494 e. The molecular weight excluding hydrogens is 362 g/mol. The Labute approximate surface area is 124 Å².